The first-order valence-corrected chi connectivity index (χ1v) is 6.43. The van der Waals surface area contributed by atoms with Gasteiger partial charge in [-0.25, -0.2) is 9.78 Å². The number of ether oxygens (including phenoxy) is 1. The van der Waals surface area contributed by atoms with E-state index < -0.39 is 5.97 Å². The van der Waals surface area contributed by atoms with Gasteiger partial charge in [0, 0.05) is 6.20 Å². The Morgan fingerprint density at radius 3 is 2.83 bits per heavy atom. The third-order valence-electron chi connectivity index (χ3n) is 3.82. The minimum absolute atomic E-state index is 0.00350. The van der Waals surface area contributed by atoms with Gasteiger partial charge in [0.1, 0.15) is 0 Å². The number of carbonyl (C=O) groups is 1. The molecule has 1 aromatic rings. The van der Waals surface area contributed by atoms with E-state index in [-0.39, 0.29) is 11.8 Å². The van der Waals surface area contributed by atoms with Crippen LogP contribution in [0.25, 0.3) is 0 Å². The van der Waals surface area contributed by atoms with Crippen molar-refractivity contribution in [1.82, 2.24) is 4.98 Å². The van der Waals surface area contributed by atoms with Crippen molar-refractivity contribution >= 4 is 5.97 Å². The van der Waals surface area contributed by atoms with Crippen molar-refractivity contribution in [2.24, 2.45) is 11.8 Å². The molecule has 0 bridgehead atoms. The molecule has 1 N–H and O–H groups in total. The monoisotopic (exact) mass is 249 g/mol. The van der Waals surface area contributed by atoms with Crippen molar-refractivity contribution in [1.29, 1.82) is 0 Å². The molecule has 2 rings (SSSR count). The first-order chi connectivity index (χ1) is 8.58. The highest BCUT2D eigenvalue weighted by Gasteiger charge is 2.26. The first-order valence-electron chi connectivity index (χ1n) is 6.43. The lowest BCUT2D eigenvalue weighted by atomic mass is 9.80. The molecule has 1 fully saturated rings. The van der Waals surface area contributed by atoms with E-state index in [1.807, 2.05) is 0 Å². The molecule has 4 heteroatoms. The Morgan fingerprint density at radius 2 is 2.17 bits per heavy atom. The first kappa shape index (κ1) is 12.9. The van der Waals surface area contributed by atoms with Crippen LogP contribution in [0.4, 0.5) is 0 Å². The molecule has 0 radical (unpaired) electrons. The number of rotatable bonds is 3. The van der Waals surface area contributed by atoms with Crippen LogP contribution in [0.3, 0.4) is 0 Å². The van der Waals surface area contributed by atoms with Gasteiger partial charge in [0.15, 0.2) is 11.4 Å². The van der Waals surface area contributed by atoms with E-state index in [4.69, 9.17) is 9.84 Å². The van der Waals surface area contributed by atoms with Crippen LogP contribution in [0.15, 0.2) is 18.3 Å². The summed E-state index contributed by atoms with van der Waals surface area (Å²) in [6.07, 6.45) is 4.68. The maximum absolute atomic E-state index is 11.0. The van der Waals surface area contributed by atoms with Gasteiger partial charge in [-0.05, 0) is 43.2 Å². The summed E-state index contributed by atoms with van der Waals surface area (Å²) in [6, 6.07) is 3.38. The Kier molecular flexibility index (Phi) is 3.84. The number of pyridine rings is 1. The van der Waals surface area contributed by atoms with Crippen LogP contribution in [-0.2, 0) is 0 Å². The summed E-state index contributed by atoms with van der Waals surface area (Å²) in [4.78, 5) is 14.9. The molecule has 1 heterocycles. The molecule has 3 unspecified atom stereocenters. The van der Waals surface area contributed by atoms with Gasteiger partial charge in [0.2, 0.25) is 0 Å². The summed E-state index contributed by atoms with van der Waals surface area (Å²) in [7, 11) is 0. The van der Waals surface area contributed by atoms with Gasteiger partial charge >= 0.3 is 5.97 Å². The maximum Gasteiger partial charge on any atom is 0.358 e. The molecule has 0 saturated heterocycles. The van der Waals surface area contributed by atoms with Crippen LogP contribution in [-0.4, -0.2) is 22.2 Å². The fourth-order valence-electron chi connectivity index (χ4n) is 2.43. The van der Waals surface area contributed by atoms with Crippen molar-refractivity contribution in [3.63, 3.8) is 0 Å². The third kappa shape index (κ3) is 2.81. The highest BCUT2D eigenvalue weighted by atomic mass is 16.5. The van der Waals surface area contributed by atoms with Crippen LogP contribution in [0, 0.1) is 11.8 Å². The number of aromatic nitrogens is 1. The fourth-order valence-corrected chi connectivity index (χ4v) is 2.43. The molecule has 0 aromatic carbocycles. The summed E-state index contributed by atoms with van der Waals surface area (Å²) in [5.74, 6) is 0.686. The van der Waals surface area contributed by atoms with Crippen LogP contribution in [0.2, 0.25) is 0 Å². The zero-order valence-corrected chi connectivity index (χ0v) is 10.8. The normalized spacial score (nSPS) is 27.8. The summed E-state index contributed by atoms with van der Waals surface area (Å²) >= 11 is 0. The van der Waals surface area contributed by atoms with Crippen LogP contribution >= 0.6 is 0 Å². The third-order valence-corrected chi connectivity index (χ3v) is 3.82. The zero-order chi connectivity index (χ0) is 13.1. The Hall–Kier alpha value is -1.58. The van der Waals surface area contributed by atoms with Crippen LogP contribution in [0.5, 0.6) is 5.75 Å². The predicted octanol–water partition coefficient (Wildman–Crippen LogP) is 2.98. The van der Waals surface area contributed by atoms with E-state index in [9.17, 15) is 4.79 Å². The molecular weight excluding hydrogens is 230 g/mol. The quantitative estimate of drug-likeness (QED) is 0.894. The highest BCUT2D eigenvalue weighted by molar-refractivity contribution is 5.88. The van der Waals surface area contributed by atoms with Gasteiger partial charge in [-0.3, -0.25) is 0 Å². The average molecular weight is 249 g/mol. The lowest BCUT2D eigenvalue weighted by molar-refractivity contribution is 0.0667. The number of hydrogen-bond acceptors (Lipinski definition) is 3. The summed E-state index contributed by atoms with van der Waals surface area (Å²) in [5, 5.41) is 9.05. The average Bonchev–Trinajstić information content (AvgIpc) is 2.34. The van der Waals surface area contributed by atoms with Crippen molar-refractivity contribution in [3.05, 3.63) is 24.0 Å². The minimum atomic E-state index is -1.04. The molecule has 0 amide bonds. The number of hydrogen-bond donors (Lipinski definition) is 1. The van der Waals surface area contributed by atoms with E-state index in [1.165, 1.54) is 6.20 Å². The van der Waals surface area contributed by atoms with Crippen molar-refractivity contribution in [2.45, 2.75) is 39.2 Å². The SMILES string of the molecule is CC1CCC(Oc2cccnc2C(=O)O)CC1C. The standard InChI is InChI=1S/C14H19NO3/c1-9-5-6-11(8-10(9)2)18-12-4-3-7-15-13(12)14(16)17/h3-4,7,9-11H,5-6,8H2,1-2H3,(H,16,17). The Bertz CT molecular complexity index is 433. The van der Waals surface area contributed by atoms with Gasteiger partial charge in [-0.15, -0.1) is 0 Å². The van der Waals surface area contributed by atoms with Gasteiger partial charge in [0.05, 0.1) is 6.10 Å². The second kappa shape index (κ2) is 5.38. The van der Waals surface area contributed by atoms with Crippen molar-refractivity contribution < 1.29 is 14.6 Å². The molecule has 98 valence electrons. The topological polar surface area (TPSA) is 59.4 Å². The molecule has 0 aliphatic heterocycles. The predicted molar refractivity (Wildman–Crippen MR) is 67.8 cm³/mol. The Labute approximate surface area is 107 Å². The van der Waals surface area contributed by atoms with E-state index in [1.54, 1.807) is 12.1 Å². The van der Waals surface area contributed by atoms with Gasteiger partial charge in [0.25, 0.3) is 0 Å². The second-order valence-electron chi connectivity index (χ2n) is 5.16. The zero-order valence-electron chi connectivity index (χ0n) is 10.8. The number of nitrogens with zero attached hydrogens (tertiary/aromatic N) is 1. The smallest absolute Gasteiger partial charge is 0.358 e. The van der Waals surface area contributed by atoms with E-state index >= 15 is 0 Å². The largest absolute Gasteiger partial charge is 0.488 e. The minimum Gasteiger partial charge on any atom is -0.488 e. The summed E-state index contributed by atoms with van der Waals surface area (Å²) in [5.41, 5.74) is 0.00350. The molecule has 1 saturated carbocycles. The molecule has 1 aliphatic rings. The summed E-state index contributed by atoms with van der Waals surface area (Å²) in [6.45, 7) is 4.48. The number of carboxylic acids is 1. The molecule has 0 spiro atoms. The molecule has 4 nitrogen and oxygen atoms in total. The lowest BCUT2D eigenvalue weighted by Crippen LogP contribution is -2.29. The maximum atomic E-state index is 11.0. The molecule has 1 aromatic heterocycles. The van der Waals surface area contributed by atoms with Gasteiger partial charge < -0.3 is 9.84 Å². The van der Waals surface area contributed by atoms with Crippen molar-refractivity contribution in [3.8, 4) is 5.75 Å². The second-order valence-corrected chi connectivity index (χ2v) is 5.16. The van der Waals surface area contributed by atoms with Crippen molar-refractivity contribution in [2.75, 3.05) is 0 Å². The Morgan fingerprint density at radius 1 is 1.39 bits per heavy atom. The van der Waals surface area contributed by atoms with E-state index in [2.05, 4.69) is 18.8 Å². The van der Waals surface area contributed by atoms with Gasteiger partial charge in [-0.2, -0.15) is 0 Å². The molecular formula is C14H19NO3. The van der Waals surface area contributed by atoms with E-state index in [0.717, 1.165) is 25.2 Å². The number of aromatic carboxylic acids is 1. The summed E-state index contributed by atoms with van der Waals surface area (Å²) < 4.78 is 5.82. The molecule has 3 atom stereocenters. The lowest BCUT2D eigenvalue weighted by Gasteiger charge is -2.32. The molecule has 1 aliphatic carbocycles. The fraction of sp³-hybridized carbons (Fsp3) is 0.571. The number of carboxylic acid groups (broad SMARTS) is 1. The Balaban J connectivity index is 2.08. The highest BCUT2D eigenvalue weighted by Crippen LogP contribution is 2.32. The van der Waals surface area contributed by atoms with Crippen LogP contribution < -0.4 is 4.74 Å². The molecule has 18 heavy (non-hydrogen) atoms. The van der Waals surface area contributed by atoms with E-state index in [0.29, 0.717) is 11.7 Å². The van der Waals surface area contributed by atoms with Crippen LogP contribution in [0.1, 0.15) is 43.6 Å². The van der Waals surface area contributed by atoms with Gasteiger partial charge in [-0.1, -0.05) is 13.8 Å².